The summed E-state index contributed by atoms with van der Waals surface area (Å²) in [6.45, 7) is 3.54. The summed E-state index contributed by atoms with van der Waals surface area (Å²) in [5.74, 6) is -0.722. The molecule has 8 heteroatoms. The number of aromatic nitrogens is 3. The Morgan fingerprint density at radius 2 is 1.81 bits per heavy atom. The van der Waals surface area contributed by atoms with Gasteiger partial charge in [0.25, 0.3) is 0 Å². The fraction of sp³-hybridized carbons (Fsp3) is 0.304. The highest BCUT2D eigenvalue weighted by atomic mass is 19.4. The highest BCUT2D eigenvalue weighted by Gasteiger charge is 2.34. The predicted molar refractivity (Wildman–Crippen MR) is 110 cm³/mol. The zero-order valence-corrected chi connectivity index (χ0v) is 17.3. The molecule has 2 heterocycles. The van der Waals surface area contributed by atoms with E-state index in [1.54, 1.807) is 37.4 Å². The second kappa shape index (κ2) is 9.24. The van der Waals surface area contributed by atoms with Crippen molar-refractivity contribution in [1.29, 1.82) is 0 Å². The number of carbonyl (C=O) groups is 1. The number of hydrogen-bond donors (Lipinski definition) is 1. The molecule has 1 amide bonds. The number of aryl methyl sites for hydroxylation is 3. The Hall–Kier alpha value is -3.29. The van der Waals surface area contributed by atoms with Crippen LogP contribution in [0.1, 0.15) is 52.3 Å². The van der Waals surface area contributed by atoms with Gasteiger partial charge in [0.2, 0.25) is 5.91 Å². The Bertz CT molecular complexity index is 1070. The zero-order valence-electron chi connectivity index (χ0n) is 17.3. The zero-order chi connectivity index (χ0) is 22.6. The maximum Gasteiger partial charge on any atom is 0.419 e. The molecule has 0 aliphatic carbocycles. The Balaban J connectivity index is 1.89. The molecule has 0 bridgehead atoms. The van der Waals surface area contributed by atoms with Crippen LogP contribution < -0.4 is 5.73 Å². The highest BCUT2D eigenvalue weighted by Crippen LogP contribution is 2.32. The molecular weight excluding hydrogens is 405 g/mol. The summed E-state index contributed by atoms with van der Waals surface area (Å²) in [7, 11) is 0. The number of pyridine rings is 1. The molecule has 0 aliphatic heterocycles. The van der Waals surface area contributed by atoms with Crippen molar-refractivity contribution >= 4 is 5.91 Å². The number of rotatable bonds is 7. The van der Waals surface area contributed by atoms with Crippen LogP contribution in [0.5, 0.6) is 0 Å². The van der Waals surface area contributed by atoms with Gasteiger partial charge in [0.15, 0.2) is 0 Å². The van der Waals surface area contributed by atoms with E-state index >= 15 is 0 Å². The third kappa shape index (κ3) is 5.65. The van der Waals surface area contributed by atoms with E-state index in [4.69, 9.17) is 5.73 Å². The summed E-state index contributed by atoms with van der Waals surface area (Å²) in [6, 6.07) is 10.8. The number of carbonyl (C=O) groups excluding carboxylic acids is 1. The standard InChI is InChI=1S/C23H23F3N4O/c1-14-7-8-16(12-28-14)11-21-29-13-19(23(24,25)26)20(30-21)10-9-17-5-3-4-6-18(17)15(2)22(27)31/h3-8,12-13,15H,9-11H2,1-2H3,(H2,27,31). The third-order valence-corrected chi connectivity index (χ3v) is 5.14. The number of alkyl halides is 3. The molecule has 0 radical (unpaired) electrons. The Labute approximate surface area is 178 Å². The number of nitrogens with two attached hydrogens (primary N) is 1. The highest BCUT2D eigenvalue weighted by molar-refractivity contribution is 5.81. The van der Waals surface area contributed by atoms with Gasteiger partial charge < -0.3 is 5.73 Å². The van der Waals surface area contributed by atoms with Crippen LogP contribution in [0.3, 0.4) is 0 Å². The maximum absolute atomic E-state index is 13.5. The van der Waals surface area contributed by atoms with Gasteiger partial charge in [0.1, 0.15) is 5.82 Å². The molecular formula is C23H23F3N4O. The molecule has 1 unspecified atom stereocenters. The first-order valence-corrected chi connectivity index (χ1v) is 9.85. The summed E-state index contributed by atoms with van der Waals surface area (Å²) in [5.41, 5.74) is 7.64. The van der Waals surface area contributed by atoms with Gasteiger partial charge in [-0.3, -0.25) is 9.78 Å². The minimum absolute atomic E-state index is 0.0546. The lowest BCUT2D eigenvalue weighted by atomic mass is 9.92. The molecule has 3 aromatic rings. The van der Waals surface area contributed by atoms with Crippen LogP contribution in [0.4, 0.5) is 13.2 Å². The summed E-state index contributed by atoms with van der Waals surface area (Å²) in [6.07, 6.45) is -1.42. The molecule has 0 fully saturated rings. The van der Waals surface area contributed by atoms with Gasteiger partial charge >= 0.3 is 6.18 Å². The Morgan fingerprint density at radius 1 is 1.06 bits per heavy atom. The molecule has 0 aliphatic rings. The van der Waals surface area contributed by atoms with Crippen LogP contribution in [-0.4, -0.2) is 20.9 Å². The Morgan fingerprint density at radius 3 is 2.45 bits per heavy atom. The first-order chi connectivity index (χ1) is 14.6. The average molecular weight is 428 g/mol. The van der Waals surface area contributed by atoms with Crippen LogP contribution in [0.2, 0.25) is 0 Å². The average Bonchev–Trinajstić information content (AvgIpc) is 2.73. The lowest BCUT2D eigenvalue weighted by Gasteiger charge is -2.16. The fourth-order valence-corrected chi connectivity index (χ4v) is 3.35. The van der Waals surface area contributed by atoms with Crippen molar-refractivity contribution in [2.24, 2.45) is 5.73 Å². The number of primary amides is 1. The molecule has 2 N–H and O–H groups in total. The van der Waals surface area contributed by atoms with E-state index in [1.165, 1.54) is 0 Å². The minimum atomic E-state index is -4.56. The molecule has 3 rings (SSSR count). The minimum Gasteiger partial charge on any atom is -0.369 e. The molecule has 1 aromatic carbocycles. The maximum atomic E-state index is 13.5. The number of benzene rings is 1. The number of amides is 1. The second-order valence-electron chi connectivity index (χ2n) is 7.45. The topological polar surface area (TPSA) is 81.8 Å². The van der Waals surface area contributed by atoms with Gasteiger partial charge in [0, 0.05) is 24.5 Å². The summed E-state index contributed by atoms with van der Waals surface area (Å²) in [5, 5.41) is 0. The van der Waals surface area contributed by atoms with Crippen molar-refractivity contribution in [2.45, 2.75) is 45.2 Å². The molecule has 162 valence electrons. The van der Waals surface area contributed by atoms with Crippen molar-refractivity contribution in [3.8, 4) is 0 Å². The van der Waals surface area contributed by atoms with Crippen molar-refractivity contribution < 1.29 is 18.0 Å². The summed E-state index contributed by atoms with van der Waals surface area (Å²) >= 11 is 0. The van der Waals surface area contributed by atoms with Gasteiger partial charge in [0.05, 0.1) is 17.2 Å². The third-order valence-electron chi connectivity index (χ3n) is 5.14. The van der Waals surface area contributed by atoms with E-state index in [9.17, 15) is 18.0 Å². The van der Waals surface area contributed by atoms with Gasteiger partial charge in [-0.1, -0.05) is 30.3 Å². The van der Waals surface area contributed by atoms with Gasteiger partial charge in [-0.25, -0.2) is 9.97 Å². The quantitative estimate of drug-likeness (QED) is 0.613. The van der Waals surface area contributed by atoms with Gasteiger partial charge in [-0.15, -0.1) is 0 Å². The van der Waals surface area contributed by atoms with Gasteiger partial charge in [-0.2, -0.15) is 13.2 Å². The lowest BCUT2D eigenvalue weighted by Crippen LogP contribution is -2.20. The molecule has 0 saturated carbocycles. The van der Waals surface area contributed by atoms with E-state index < -0.39 is 23.6 Å². The number of halogens is 3. The molecule has 5 nitrogen and oxygen atoms in total. The second-order valence-corrected chi connectivity index (χ2v) is 7.45. The van der Waals surface area contributed by atoms with Crippen LogP contribution in [0.25, 0.3) is 0 Å². The first-order valence-electron chi connectivity index (χ1n) is 9.85. The molecule has 31 heavy (non-hydrogen) atoms. The van der Waals surface area contributed by atoms with Crippen LogP contribution in [0.15, 0.2) is 48.8 Å². The van der Waals surface area contributed by atoms with Crippen molar-refractivity contribution in [3.05, 3.63) is 88.3 Å². The smallest absolute Gasteiger partial charge is 0.369 e. The molecule has 0 spiro atoms. The van der Waals surface area contributed by atoms with E-state index in [-0.39, 0.29) is 18.5 Å². The van der Waals surface area contributed by atoms with Crippen LogP contribution in [0, 0.1) is 6.92 Å². The summed E-state index contributed by atoms with van der Waals surface area (Å²) < 4.78 is 40.6. The van der Waals surface area contributed by atoms with Crippen LogP contribution >= 0.6 is 0 Å². The van der Waals surface area contributed by atoms with Gasteiger partial charge in [-0.05, 0) is 49.4 Å². The molecule has 2 aromatic heterocycles. The van der Waals surface area contributed by atoms with E-state index in [0.717, 1.165) is 23.0 Å². The molecule has 1 atom stereocenters. The number of hydrogen-bond acceptors (Lipinski definition) is 4. The lowest BCUT2D eigenvalue weighted by molar-refractivity contribution is -0.138. The van der Waals surface area contributed by atoms with E-state index in [1.807, 2.05) is 19.1 Å². The normalized spacial score (nSPS) is 12.5. The largest absolute Gasteiger partial charge is 0.419 e. The number of nitrogens with zero attached hydrogens (tertiary/aromatic N) is 3. The van der Waals surface area contributed by atoms with Crippen LogP contribution in [-0.2, 0) is 30.2 Å². The first kappa shape index (κ1) is 22.4. The Kier molecular flexibility index (Phi) is 6.68. The van der Waals surface area contributed by atoms with Crippen molar-refractivity contribution in [2.75, 3.05) is 0 Å². The fourth-order valence-electron chi connectivity index (χ4n) is 3.35. The monoisotopic (exact) mass is 428 g/mol. The van der Waals surface area contributed by atoms with Crippen molar-refractivity contribution in [1.82, 2.24) is 15.0 Å². The molecule has 0 saturated heterocycles. The predicted octanol–water partition coefficient (Wildman–Crippen LogP) is 4.16. The van der Waals surface area contributed by atoms with E-state index in [2.05, 4.69) is 15.0 Å². The SMILES string of the molecule is Cc1ccc(Cc2ncc(C(F)(F)F)c(CCc3ccccc3C(C)C(N)=O)n2)cn1. The van der Waals surface area contributed by atoms with Crippen molar-refractivity contribution in [3.63, 3.8) is 0 Å². The van der Waals surface area contributed by atoms with E-state index in [0.29, 0.717) is 17.8 Å². The summed E-state index contributed by atoms with van der Waals surface area (Å²) in [4.78, 5) is 24.0.